The summed E-state index contributed by atoms with van der Waals surface area (Å²) in [4.78, 5) is 30.3. The van der Waals surface area contributed by atoms with Crippen molar-refractivity contribution < 1.29 is 14.3 Å². The average molecular weight is 371 g/mol. The Morgan fingerprint density at radius 1 is 1.31 bits per heavy atom. The lowest BCUT2D eigenvalue weighted by Gasteiger charge is -2.47. The topological polar surface area (TPSA) is 71.5 Å². The van der Waals surface area contributed by atoms with Gasteiger partial charge in [0.15, 0.2) is 0 Å². The lowest BCUT2D eigenvalue weighted by atomic mass is 9.85. The molecule has 0 saturated carbocycles. The maximum Gasteiger partial charge on any atom is 0.254 e. The Morgan fingerprint density at radius 2 is 2.12 bits per heavy atom. The predicted octanol–water partition coefficient (Wildman–Crippen LogP) is 2.08. The Kier molecular flexibility index (Phi) is 4.74. The number of thiophene rings is 1. The van der Waals surface area contributed by atoms with Gasteiger partial charge >= 0.3 is 0 Å². The number of carbonyl (C=O) groups is 2. The van der Waals surface area contributed by atoms with Crippen LogP contribution in [0, 0.1) is 5.92 Å². The summed E-state index contributed by atoms with van der Waals surface area (Å²) in [6.45, 7) is 2.35. The maximum absolute atomic E-state index is 12.3. The standard InChI is InChI=1S/C19H21N3O3S/c23-17(21-9-14-1-4-20-5-2-14)7-15-8-19(25-10-15)12-22(13-19)18(24)16-3-6-26-11-16/h1-6,11,15H,7-10,12-13H2,(H,21,23). The molecule has 2 aromatic heterocycles. The molecule has 2 aliphatic rings. The molecule has 6 nitrogen and oxygen atoms in total. The third-order valence-corrected chi connectivity index (χ3v) is 5.70. The second-order valence-corrected chi connectivity index (χ2v) is 7.85. The van der Waals surface area contributed by atoms with Gasteiger partial charge in [-0.15, -0.1) is 0 Å². The van der Waals surface area contributed by atoms with Gasteiger partial charge in [-0.05, 0) is 41.5 Å². The number of hydrogen-bond donors (Lipinski definition) is 1. The highest BCUT2D eigenvalue weighted by Crippen LogP contribution is 2.39. The smallest absolute Gasteiger partial charge is 0.254 e. The SMILES string of the molecule is O=C(CC1COC2(C1)CN(C(=O)c1ccsc1)C2)NCc1ccncc1. The number of ether oxygens (including phenoxy) is 1. The van der Waals surface area contributed by atoms with Gasteiger partial charge in [-0.3, -0.25) is 14.6 Å². The van der Waals surface area contributed by atoms with Crippen LogP contribution in [0.2, 0.25) is 0 Å². The zero-order chi connectivity index (χ0) is 18.0. The van der Waals surface area contributed by atoms with Crippen molar-refractivity contribution in [2.45, 2.75) is 25.0 Å². The first kappa shape index (κ1) is 17.2. The molecule has 2 amide bonds. The Morgan fingerprint density at radius 3 is 2.85 bits per heavy atom. The third kappa shape index (κ3) is 3.64. The number of nitrogens with zero attached hydrogens (tertiary/aromatic N) is 2. The van der Waals surface area contributed by atoms with E-state index >= 15 is 0 Å². The molecule has 26 heavy (non-hydrogen) atoms. The first-order valence-electron chi connectivity index (χ1n) is 8.75. The lowest BCUT2D eigenvalue weighted by molar-refractivity contribution is -0.122. The second-order valence-electron chi connectivity index (χ2n) is 7.07. The van der Waals surface area contributed by atoms with Gasteiger partial charge in [-0.25, -0.2) is 0 Å². The lowest BCUT2D eigenvalue weighted by Crippen LogP contribution is -2.63. The van der Waals surface area contributed by atoms with E-state index in [4.69, 9.17) is 4.74 Å². The molecule has 1 spiro atoms. The molecule has 0 radical (unpaired) electrons. The molecule has 1 N–H and O–H groups in total. The molecule has 0 aromatic carbocycles. The Bertz CT molecular complexity index is 773. The summed E-state index contributed by atoms with van der Waals surface area (Å²) in [5.41, 5.74) is 1.53. The first-order valence-corrected chi connectivity index (χ1v) is 9.69. The highest BCUT2D eigenvalue weighted by atomic mass is 32.1. The fourth-order valence-electron chi connectivity index (χ4n) is 3.69. The molecular weight excluding hydrogens is 350 g/mol. The maximum atomic E-state index is 12.3. The van der Waals surface area contributed by atoms with Crippen molar-refractivity contribution in [2.24, 2.45) is 5.92 Å². The van der Waals surface area contributed by atoms with Crippen LogP contribution in [-0.2, 0) is 16.1 Å². The Labute approximate surface area is 156 Å². The molecule has 2 saturated heterocycles. The molecule has 2 aromatic rings. The van der Waals surface area contributed by atoms with Gasteiger partial charge in [-0.1, -0.05) is 0 Å². The summed E-state index contributed by atoms with van der Waals surface area (Å²) in [5, 5.41) is 6.74. The fraction of sp³-hybridized carbons (Fsp3) is 0.421. The van der Waals surface area contributed by atoms with Crippen LogP contribution in [0.1, 0.15) is 28.8 Å². The van der Waals surface area contributed by atoms with Crippen LogP contribution >= 0.6 is 11.3 Å². The van der Waals surface area contributed by atoms with E-state index in [-0.39, 0.29) is 23.3 Å². The molecule has 136 valence electrons. The van der Waals surface area contributed by atoms with Crippen LogP contribution < -0.4 is 5.32 Å². The van der Waals surface area contributed by atoms with E-state index < -0.39 is 0 Å². The van der Waals surface area contributed by atoms with Gasteiger partial charge in [0.2, 0.25) is 5.91 Å². The molecule has 4 rings (SSSR count). The molecule has 0 aliphatic carbocycles. The summed E-state index contributed by atoms with van der Waals surface area (Å²) >= 11 is 1.53. The van der Waals surface area contributed by atoms with E-state index in [0.717, 1.165) is 17.5 Å². The van der Waals surface area contributed by atoms with Crippen molar-refractivity contribution in [1.82, 2.24) is 15.2 Å². The molecule has 1 unspecified atom stereocenters. The monoisotopic (exact) mass is 371 g/mol. The van der Waals surface area contributed by atoms with Crippen molar-refractivity contribution in [3.63, 3.8) is 0 Å². The van der Waals surface area contributed by atoms with Gasteiger partial charge in [0.25, 0.3) is 5.91 Å². The van der Waals surface area contributed by atoms with Gasteiger partial charge in [0, 0.05) is 30.7 Å². The zero-order valence-electron chi connectivity index (χ0n) is 14.4. The molecule has 2 fully saturated rings. The fourth-order valence-corrected chi connectivity index (χ4v) is 4.32. The summed E-state index contributed by atoms with van der Waals surface area (Å²) in [6.07, 6.45) is 4.74. The van der Waals surface area contributed by atoms with E-state index in [1.807, 2.05) is 33.9 Å². The van der Waals surface area contributed by atoms with E-state index in [1.54, 1.807) is 12.4 Å². The second kappa shape index (κ2) is 7.17. The van der Waals surface area contributed by atoms with Crippen LogP contribution in [0.3, 0.4) is 0 Å². The summed E-state index contributed by atoms with van der Waals surface area (Å²) in [6, 6.07) is 5.63. The van der Waals surface area contributed by atoms with Crippen LogP contribution in [-0.4, -0.2) is 47.0 Å². The quantitative estimate of drug-likeness (QED) is 0.874. The molecule has 0 bridgehead atoms. The van der Waals surface area contributed by atoms with Gasteiger partial charge < -0.3 is 15.0 Å². The van der Waals surface area contributed by atoms with Crippen molar-refractivity contribution in [3.05, 3.63) is 52.5 Å². The van der Waals surface area contributed by atoms with Crippen molar-refractivity contribution >= 4 is 23.2 Å². The number of carbonyl (C=O) groups excluding carboxylic acids is 2. The number of aromatic nitrogens is 1. The summed E-state index contributed by atoms with van der Waals surface area (Å²) in [5.74, 6) is 0.322. The summed E-state index contributed by atoms with van der Waals surface area (Å²) in [7, 11) is 0. The normalized spacial score (nSPS) is 20.8. The number of hydrogen-bond acceptors (Lipinski definition) is 5. The van der Waals surface area contributed by atoms with E-state index in [1.165, 1.54) is 11.3 Å². The van der Waals surface area contributed by atoms with Crippen LogP contribution in [0.15, 0.2) is 41.4 Å². The Hall–Kier alpha value is -2.25. The van der Waals surface area contributed by atoms with Gasteiger partial charge in [0.05, 0.1) is 25.3 Å². The largest absolute Gasteiger partial charge is 0.371 e. The van der Waals surface area contributed by atoms with Crippen LogP contribution in [0.25, 0.3) is 0 Å². The number of pyridine rings is 1. The minimum atomic E-state index is -0.248. The average Bonchev–Trinajstić information content (AvgIpc) is 3.29. The van der Waals surface area contributed by atoms with Gasteiger partial charge in [-0.2, -0.15) is 11.3 Å². The highest BCUT2D eigenvalue weighted by Gasteiger charge is 2.51. The zero-order valence-corrected chi connectivity index (χ0v) is 15.2. The van der Waals surface area contributed by atoms with E-state index in [9.17, 15) is 9.59 Å². The van der Waals surface area contributed by atoms with E-state index in [0.29, 0.717) is 32.7 Å². The van der Waals surface area contributed by atoms with Crippen LogP contribution in [0.4, 0.5) is 0 Å². The molecule has 1 atom stereocenters. The van der Waals surface area contributed by atoms with E-state index in [2.05, 4.69) is 10.3 Å². The Balaban J connectivity index is 1.22. The minimum Gasteiger partial charge on any atom is -0.371 e. The first-order chi connectivity index (χ1) is 12.6. The third-order valence-electron chi connectivity index (χ3n) is 5.01. The minimum absolute atomic E-state index is 0.0398. The number of nitrogens with one attached hydrogen (secondary N) is 1. The number of likely N-dealkylation sites (tertiary alicyclic amines) is 1. The van der Waals surface area contributed by atoms with Crippen molar-refractivity contribution in [3.8, 4) is 0 Å². The molecule has 7 heteroatoms. The number of amides is 2. The van der Waals surface area contributed by atoms with Crippen molar-refractivity contribution in [1.29, 1.82) is 0 Å². The van der Waals surface area contributed by atoms with Crippen LogP contribution in [0.5, 0.6) is 0 Å². The molecule has 2 aliphatic heterocycles. The summed E-state index contributed by atoms with van der Waals surface area (Å²) < 4.78 is 5.97. The number of rotatable bonds is 5. The van der Waals surface area contributed by atoms with Gasteiger partial charge in [0.1, 0.15) is 5.60 Å². The highest BCUT2D eigenvalue weighted by molar-refractivity contribution is 7.08. The molecular formula is C19H21N3O3S. The van der Waals surface area contributed by atoms with Crippen molar-refractivity contribution in [2.75, 3.05) is 19.7 Å². The predicted molar refractivity (Wildman–Crippen MR) is 97.7 cm³/mol. The molecule has 4 heterocycles.